The number of ether oxygens (including phenoxy) is 1. The Balaban J connectivity index is 2.98. The van der Waals surface area contributed by atoms with Crippen molar-refractivity contribution in [1.29, 1.82) is 0 Å². The van der Waals surface area contributed by atoms with Crippen molar-refractivity contribution in [2.24, 2.45) is 0 Å². The summed E-state index contributed by atoms with van der Waals surface area (Å²) in [5.41, 5.74) is -1.40. The van der Waals surface area contributed by atoms with Crippen LogP contribution in [0.2, 0.25) is 0 Å². The lowest BCUT2D eigenvalue weighted by molar-refractivity contribution is -0.268. The molecular formula is C9H17NO3. The number of carbonyl (C=O) groups is 1. The molecule has 1 heterocycles. The number of rotatable bonds is 1. The van der Waals surface area contributed by atoms with Crippen molar-refractivity contribution in [3.63, 3.8) is 0 Å². The fourth-order valence-electron chi connectivity index (χ4n) is 1.51. The van der Waals surface area contributed by atoms with Gasteiger partial charge < -0.3 is 9.94 Å². The number of esters is 1. The van der Waals surface area contributed by atoms with Crippen LogP contribution in [0.3, 0.4) is 0 Å². The molecule has 1 rings (SSSR count). The smallest absolute Gasteiger partial charge is 0.328 e. The van der Waals surface area contributed by atoms with Crippen molar-refractivity contribution in [3.8, 4) is 0 Å². The van der Waals surface area contributed by atoms with E-state index in [1.165, 1.54) is 0 Å². The largest absolute Gasteiger partial charge is 0.462 e. The van der Waals surface area contributed by atoms with Gasteiger partial charge in [-0.05, 0) is 27.2 Å². The van der Waals surface area contributed by atoms with Crippen LogP contribution in [0.4, 0.5) is 0 Å². The molecule has 1 fully saturated rings. The van der Waals surface area contributed by atoms with Crippen molar-refractivity contribution in [2.45, 2.75) is 45.2 Å². The number of hydroxylamine groups is 2. The minimum atomic E-state index is -0.901. The third kappa shape index (κ3) is 1.44. The Labute approximate surface area is 78.4 Å². The first-order valence-electron chi connectivity index (χ1n) is 4.51. The first kappa shape index (κ1) is 10.5. The second-order valence-corrected chi connectivity index (χ2v) is 4.33. The van der Waals surface area contributed by atoms with Gasteiger partial charge in [0.25, 0.3) is 0 Å². The molecule has 0 aliphatic carbocycles. The van der Waals surface area contributed by atoms with E-state index in [2.05, 4.69) is 0 Å². The summed E-state index contributed by atoms with van der Waals surface area (Å²) in [5, 5.41) is 11.0. The Hall–Kier alpha value is -0.610. The van der Waals surface area contributed by atoms with Crippen LogP contribution in [0.1, 0.15) is 34.1 Å². The maximum atomic E-state index is 11.4. The number of hydrogen-bond acceptors (Lipinski definition) is 4. The van der Waals surface area contributed by atoms with Gasteiger partial charge in [0.05, 0.1) is 5.54 Å². The summed E-state index contributed by atoms with van der Waals surface area (Å²) in [6.45, 7) is 7.46. The lowest BCUT2D eigenvalue weighted by Crippen LogP contribution is -2.65. The number of carbonyl (C=O) groups excluding carboxylic acids is 1. The minimum absolute atomic E-state index is 0.234. The fraction of sp³-hybridized carbons (Fsp3) is 0.889. The molecule has 76 valence electrons. The maximum absolute atomic E-state index is 11.4. The molecule has 1 saturated heterocycles. The molecule has 0 aromatic carbocycles. The quantitative estimate of drug-likeness (QED) is 0.626. The Morgan fingerprint density at radius 1 is 1.54 bits per heavy atom. The summed E-state index contributed by atoms with van der Waals surface area (Å²) < 4.78 is 5.03. The Bertz CT molecular complexity index is 227. The molecule has 4 nitrogen and oxygen atoms in total. The maximum Gasteiger partial charge on any atom is 0.328 e. The van der Waals surface area contributed by atoms with Crippen molar-refractivity contribution in [1.82, 2.24) is 5.06 Å². The molecule has 0 spiro atoms. The summed E-state index contributed by atoms with van der Waals surface area (Å²) in [6, 6.07) is 0. The monoisotopic (exact) mass is 187 g/mol. The van der Waals surface area contributed by atoms with E-state index in [0.29, 0.717) is 6.42 Å². The Kier molecular flexibility index (Phi) is 2.38. The molecule has 1 aliphatic rings. The summed E-state index contributed by atoms with van der Waals surface area (Å²) >= 11 is 0. The van der Waals surface area contributed by atoms with Crippen LogP contribution in [0, 0.1) is 0 Å². The zero-order valence-corrected chi connectivity index (χ0v) is 8.63. The van der Waals surface area contributed by atoms with Crippen LogP contribution in [0.5, 0.6) is 0 Å². The molecule has 0 aromatic rings. The lowest BCUT2D eigenvalue weighted by Gasteiger charge is -2.47. The van der Waals surface area contributed by atoms with Gasteiger partial charge in [-0.1, -0.05) is 6.92 Å². The number of morpholine rings is 1. The van der Waals surface area contributed by atoms with Crippen LogP contribution in [-0.2, 0) is 9.53 Å². The summed E-state index contributed by atoms with van der Waals surface area (Å²) in [4.78, 5) is 11.4. The molecule has 0 saturated carbocycles. The number of nitrogens with zero attached hydrogens (tertiary/aromatic N) is 1. The normalized spacial score (nSPS) is 34.4. The van der Waals surface area contributed by atoms with Gasteiger partial charge in [-0.2, -0.15) is 5.06 Å². The lowest BCUT2D eigenvalue weighted by atomic mass is 9.90. The van der Waals surface area contributed by atoms with Crippen LogP contribution in [-0.4, -0.2) is 33.9 Å². The van der Waals surface area contributed by atoms with E-state index in [4.69, 9.17) is 4.74 Å². The summed E-state index contributed by atoms with van der Waals surface area (Å²) in [7, 11) is 0. The number of cyclic esters (lactones) is 1. The highest BCUT2D eigenvalue weighted by Crippen LogP contribution is 2.31. The van der Waals surface area contributed by atoms with Gasteiger partial charge in [0.1, 0.15) is 12.1 Å². The van der Waals surface area contributed by atoms with E-state index in [0.717, 1.165) is 5.06 Å². The first-order chi connectivity index (χ1) is 5.84. The predicted molar refractivity (Wildman–Crippen MR) is 47.4 cm³/mol. The van der Waals surface area contributed by atoms with E-state index in [1.807, 2.05) is 20.8 Å². The Morgan fingerprint density at radius 3 is 2.46 bits per heavy atom. The highest BCUT2D eigenvalue weighted by molar-refractivity contribution is 5.81. The third-order valence-electron chi connectivity index (χ3n) is 2.73. The average Bonchev–Trinajstić information content (AvgIpc) is 2.09. The van der Waals surface area contributed by atoms with E-state index >= 15 is 0 Å². The molecule has 0 aromatic heterocycles. The van der Waals surface area contributed by atoms with Crippen molar-refractivity contribution in [3.05, 3.63) is 0 Å². The van der Waals surface area contributed by atoms with E-state index in [-0.39, 0.29) is 12.6 Å². The van der Waals surface area contributed by atoms with Crippen LogP contribution in [0.25, 0.3) is 0 Å². The van der Waals surface area contributed by atoms with E-state index < -0.39 is 11.1 Å². The van der Waals surface area contributed by atoms with Crippen molar-refractivity contribution in [2.75, 3.05) is 6.61 Å². The van der Waals surface area contributed by atoms with Gasteiger partial charge in [0, 0.05) is 0 Å². The van der Waals surface area contributed by atoms with E-state index in [1.54, 1.807) is 6.92 Å². The molecule has 1 unspecified atom stereocenters. The molecular weight excluding hydrogens is 170 g/mol. The highest BCUT2D eigenvalue weighted by atomic mass is 16.6. The zero-order chi connectivity index (χ0) is 10.3. The SMILES string of the molecule is CCC1(C)C(=O)OCC(C)(C)N1O. The standard InChI is InChI=1S/C9H17NO3/c1-5-9(4)7(11)13-6-8(2,3)10(9)12/h12H,5-6H2,1-4H3. The molecule has 4 heteroatoms. The summed E-state index contributed by atoms with van der Waals surface area (Å²) in [5.74, 6) is -0.350. The Morgan fingerprint density at radius 2 is 2.08 bits per heavy atom. The van der Waals surface area contributed by atoms with Gasteiger partial charge in [-0.25, -0.2) is 4.79 Å². The van der Waals surface area contributed by atoms with Crippen LogP contribution < -0.4 is 0 Å². The van der Waals surface area contributed by atoms with Gasteiger partial charge in [-0.3, -0.25) is 0 Å². The summed E-state index contributed by atoms with van der Waals surface area (Å²) in [6.07, 6.45) is 0.533. The van der Waals surface area contributed by atoms with Crippen LogP contribution >= 0.6 is 0 Å². The van der Waals surface area contributed by atoms with Gasteiger partial charge in [-0.15, -0.1) is 0 Å². The molecule has 1 N–H and O–H groups in total. The van der Waals surface area contributed by atoms with Gasteiger partial charge >= 0.3 is 5.97 Å². The van der Waals surface area contributed by atoms with Gasteiger partial charge in [0.2, 0.25) is 0 Å². The molecule has 1 aliphatic heterocycles. The predicted octanol–water partition coefficient (Wildman–Crippen LogP) is 1.18. The van der Waals surface area contributed by atoms with Crippen LogP contribution in [0.15, 0.2) is 0 Å². The second-order valence-electron chi connectivity index (χ2n) is 4.33. The molecule has 0 radical (unpaired) electrons. The number of hydrogen-bond donors (Lipinski definition) is 1. The van der Waals surface area contributed by atoms with Crippen molar-refractivity contribution >= 4 is 5.97 Å². The van der Waals surface area contributed by atoms with Gasteiger partial charge in [0.15, 0.2) is 0 Å². The highest BCUT2D eigenvalue weighted by Gasteiger charge is 2.50. The third-order valence-corrected chi connectivity index (χ3v) is 2.73. The molecule has 0 bridgehead atoms. The topological polar surface area (TPSA) is 49.8 Å². The zero-order valence-electron chi connectivity index (χ0n) is 8.63. The van der Waals surface area contributed by atoms with E-state index in [9.17, 15) is 10.0 Å². The van der Waals surface area contributed by atoms with Crippen molar-refractivity contribution < 1.29 is 14.7 Å². The second kappa shape index (κ2) is 2.96. The molecule has 0 amide bonds. The minimum Gasteiger partial charge on any atom is -0.462 e. The fourth-order valence-corrected chi connectivity index (χ4v) is 1.51. The molecule has 1 atom stereocenters. The average molecular weight is 187 g/mol. The first-order valence-corrected chi connectivity index (χ1v) is 4.51. The molecule has 13 heavy (non-hydrogen) atoms.